The maximum absolute atomic E-state index is 13.3. The van der Waals surface area contributed by atoms with Gasteiger partial charge in [0.2, 0.25) is 0 Å². The van der Waals surface area contributed by atoms with Crippen molar-refractivity contribution >= 4 is 27.0 Å². The Morgan fingerprint density at radius 3 is 2.34 bits per heavy atom. The van der Waals surface area contributed by atoms with Crippen molar-refractivity contribution in [3.8, 4) is 6.07 Å². The lowest BCUT2D eigenvalue weighted by molar-refractivity contribution is 0.299. The number of benzene rings is 3. The molecule has 0 saturated carbocycles. The predicted octanol–water partition coefficient (Wildman–Crippen LogP) is 6.27. The van der Waals surface area contributed by atoms with E-state index in [9.17, 15) is 4.21 Å². The van der Waals surface area contributed by atoms with E-state index in [0.29, 0.717) is 17.2 Å². The normalized spacial score (nSPS) is 15.7. The Balaban J connectivity index is 1.42. The van der Waals surface area contributed by atoms with Gasteiger partial charge >= 0.3 is 0 Å². The quantitative estimate of drug-likeness (QED) is 0.403. The molecule has 1 heterocycles. The first-order valence-corrected chi connectivity index (χ1v) is 13.9. The first-order valence-electron chi connectivity index (χ1n) is 12.0. The molecule has 1 unspecified atom stereocenters. The van der Waals surface area contributed by atoms with Gasteiger partial charge in [-0.2, -0.15) is 5.26 Å². The third-order valence-corrected chi connectivity index (χ3v) is 8.17. The van der Waals surface area contributed by atoms with E-state index in [1.807, 2.05) is 62.4 Å². The zero-order valence-electron chi connectivity index (χ0n) is 20.6. The number of anilines is 1. The minimum atomic E-state index is -2.55. The smallest absolute Gasteiger partial charge is 0.0991 e. The molecule has 3 aromatic rings. The standard InChI is InChI=1S/C30H33N3OS/c1-22-5-8-26(9-6-22)21-35(4,34)32-30-19-29(12-7-23(30)2)24(3)33-17-15-28(16-18-33)27-13-10-25(20-31)11-14-27/h5-14,19,28H,3-4,15-18,21H2,1-2H3,(H,32,34). The fourth-order valence-corrected chi connectivity index (χ4v) is 6.02. The summed E-state index contributed by atoms with van der Waals surface area (Å²) in [7, 11) is -2.55. The minimum absolute atomic E-state index is 0.376. The highest BCUT2D eigenvalue weighted by molar-refractivity contribution is 8.00. The van der Waals surface area contributed by atoms with Gasteiger partial charge < -0.3 is 9.62 Å². The zero-order valence-corrected chi connectivity index (χ0v) is 21.4. The van der Waals surface area contributed by atoms with E-state index in [1.54, 1.807) is 0 Å². The molecule has 0 spiro atoms. The molecule has 1 aliphatic rings. The molecule has 1 fully saturated rings. The number of rotatable bonds is 7. The third-order valence-electron chi connectivity index (χ3n) is 6.78. The topological polar surface area (TPSA) is 56.1 Å². The Hall–Kier alpha value is -3.49. The van der Waals surface area contributed by atoms with Crippen LogP contribution in [0.5, 0.6) is 0 Å². The summed E-state index contributed by atoms with van der Waals surface area (Å²) in [5.74, 6) is 4.88. The lowest BCUT2D eigenvalue weighted by atomic mass is 9.88. The Morgan fingerprint density at radius 2 is 1.71 bits per heavy atom. The molecule has 0 aliphatic carbocycles. The number of aryl methyl sites for hydroxylation is 2. The Bertz CT molecular complexity index is 1340. The van der Waals surface area contributed by atoms with Crippen molar-refractivity contribution in [2.75, 3.05) is 17.8 Å². The van der Waals surface area contributed by atoms with Crippen LogP contribution in [0.1, 0.15) is 52.1 Å². The highest BCUT2D eigenvalue weighted by Crippen LogP contribution is 2.32. The van der Waals surface area contributed by atoms with Gasteiger partial charge in [-0.1, -0.05) is 60.7 Å². The molecule has 0 aromatic heterocycles. The molecule has 1 saturated heterocycles. The number of hydrogen-bond donors (Lipinski definition) is 1. The van der Waals surface area contributed by atoms with Crippen LogP contribution < -0.4 is 4.72 Å². The van der Waals surface area contributed by atoms with E-state index in [0.717, 1.165) is 54.0 Å². The van der Waals surface area contributed by atoms with Gasteiger partial charge in [-0.3, -0.25) is 0 Å². The monoisotopic (exact) mass is 483 g/mol. The predicted molar refractivity (Wildman–Crippen MR) is 149 cm³/mol. The second-order valence-corrected chi connectivity index (χ2v) is 11.6. The van der Waals surface area contributed by atoms with Gasteiger partial charge in [0.25, 0.3) is 0 Å². The largest absolute Gasteiger partial charge is 0.371 e. The summed E-state index contributed by atoms with van der Waals surface area (Å²) in [6.45, 7) is 10.3. The van der Waals surface area contributed by atoms with Crippen LogP contribution in [-0.4, -0.2) is 28.1 Å². The lowest BCUT2D eigenvalue weighted by Gasteiger charge is -2.35. The molecule has 4 rings (SSSR count). The molecule has 0 amide bonds. The summed E-state index contributed by atoms with van der Waals surface area (Å²) in [6, 6.07) is 24.4. The number of nitrogens with one attached hydrogen (secondary N) is 1. The molecule has 1 atom stereocenters. The van der Waals surface area contributed by atoms with Crippen molar-refractivity contribution in [3.05, 3.63) is 107 Å². The Labute approximate surface area is 210 Å². The molecular weight excluding hydrogens is 450 g/mol. The fraction of sp³-hybridized carbons (Fsp3) is 0.267. The second kappa shape index (κ2) is 10.4. The van der Waals surface area contributed by atoms with Crippen molar-refractivity contribution in [1.82, 2.24) is 4.90 Å². The summed E-state index contributed by atoms with van der Waals surface area (Å²) in [5, 5.41) is 9.03. The molecule has 3 aromatic carbocycles. The van der Waals surface area contributed by atoms with Crippen LogP contribution in [0.25, 0.3) is 5.70 Å². The Kier molecular flexibility index (Phi) is 7.33. The third kappa shape index (κ3) is 6.15. The van der Waals surface area contributed by atoms with Crippen molar-refractivity contribution < 1.29 is 4.21 Å². The summed E-state index contributed by atoms with van der Waals surface area (Å²) in [4.78, 5) is 2.34. The van der Waals surface area contributed by atoms with Gasteiger partial charge in [-0.25, -0.2) is 4.21 Å². The number of likely N-dealkylation sites (tertiary alicyclic amines) is 1. The molecule has 35 heavy (non-hydrogen) atoms. The molecule has 1 aliphatic heterocycles. The highest BCUT2D eigenvalue weighted by atomic mass is 32.2. The van der Waals surface area contributed by atoms with Gasteiger partial charge in [-0.05, 0) is 78.9 Å². The minimum Gasteiger partial charge on any atom is -0.371 e. The van der Waals surface area contributed by atoms with Crippen molar-refractivity contribution in [3.63, 3.8) is 0 Å². The van der Waals surface area contributed by atoms with E-state index in [-0.39, 0.29) is 0 Å². The van der Waals surface area contributed by atoms with Crippen molar-refractivity contribution in [2.45, 2.75) is 38.4 Å². The van der Waals surface area contributed by atoms with Crippen molar-refractivity contribution in [1.29, 1.82) is 5.26 Å². The SMILES string of the molecule is C=C(c1ccc(C)c(NS(=C)(=O)Cc2ccc(C)cc2)c1)N1CCC(c2ccc(C#N)cc2)CC1. The molecule has 1 N–H and O–H groups in total. The zero-order chi connectivity index (χ0) is 25.0. The number of hydrogen-bond acceptors (Lipinski definition) is 3. The van der Waals surface area contributed by atoms with Gasteiger partial charge in [-0.15, -0.1) is 0 Å². The van der Waals surface area contributed by atoms with E-state index >= 15 is 0 Å². The summed E-state index contributed by atoms with van der Waals surface area (Å²) in [6.07, 6.45) is 2.09. The van der Waals surface area contributed by atoms with E-state index in [2.05, 4.69) is 46.3 Å². The average molecular weight is 484 g/mol. The molecule has 0 bridgehead atoms. The van der Waals surface area contributed by atoms with Gasteiger partial charge in [0.05, 0.1) is 17.4 Å². The summed E-state index contributed by atoms with van der Waals surface area (Å²) < 4.78 is 16.5. The number of nitrogens with zero attached hydrogens (tertiary/aromatic N) is 2. The molecular formula is C30H33N3OS. The molecule has 5 heteroatoms. The van der Waals surface area contributed by atoms with Crippen LogP contribution in [0, 0.1) is 25.2 Å². The van der Waals surface area contributed by atoms with Gasteiger partial charge in [0, 0.05) is 34.2 Å². The van der Waals surface area contributed by atoms with Crippen LogP contribution in [0.3, 0.4) is 0 Å². The lowest BCUT2D eigenvalue weighted by Crippen LogP contribution is -2.31. The fourth-order valence-electron chi connectivity index (χ4n) is 4.60. The summed E-state index contributed by atoms with van der Waals surface area (Å²) >= 11 is 0. The summed E-state index contributed by atoms with van der Waals surface area (Å²) in [5.41, 5.74) is 8.07. The number of piperidine rings is 1. The average Bonchev–Trinajstić information content (AvgIpc) is 2.86. The molecule has 0 radical (unpaired) electrons. The molecule has 180 valence electrons. The Morgan fingerprint density at radius 1 is 1.06 bits per heavy atom. The first-order chi connectivity index (χ1) is 16.7. The van der Waals surface area contributed by atoms with E-state index < -0.39 is 9.71 Å². The first kappa shape index (κ1) is 24.6. The van der Waals surface area contributed by atoms with Crippen LogP contribution in [0.4, 0.5) is 5.69 Å². The van der Waals surface area contributed by atoms with Crippen LogP contribution in [-0.2, 0) is 15.5 Å². The van der Waals surface area contributed by atoms with Crippen LogP contribution in [0.15, 0.2) is 73.3 Å². The van der Waals surface area contributed by atoms with Crippen molar-refractivity contribution in [2.24, 2.45) is 0 Å². The maximum Gasteiger partial charge on any atom is 0.0991 e. The van der Waals surface area contributed by atoms with E-state index in [4.69, 9.17) is 5.26 Å². The highest BCUT2D eigenvalue weighted by Gasteiger charge is 2.22. The van der Waals surface area contributed by atoms with Gasteiger partial charge in [0.1, 0.15) is 0 Å². The second-order valence-electron chi connectivity index (χ2n) is 9.52. The van der Waals surface area contributed by atoms with Gasteiger partial charge in [0.15, 0.2) is 0 Å². The maximum atomic E-state index is 13.3. The number of nitriles is 1. The molecule has 4 nitrogen and oxygen atoms in total. The van der Waals surface area contributed by atoms with E-state index in [1.165, 1.54) is 11.1 Å². The van der Waals surface area contributed by atoms with Crippen LogP contribution in [0.2, 0.25) is 0 Å². The van der Waals surface area contributed by atoms with Crippen LogP contribution >= 0.6 is 0 Å².